The zero-order valence-corrected chi connectivity index (χ0v) is 15.5. The van der Waals surface area contributed by atoms with Crippen molar-refractivity contribution in [2.24, 2.45) is 0 Å². The van der Waals surface area contributed by atoms with Gasteiger partial charge in [-0.05, 0) is 52.0 Å². The van der Waals surface area contributed by atoms with Crippen molar-refractivity contribution in [2.45, 2.75) is 52.6 Å². The van der Waals surface area contributed by atoms with E-state index in [9.17, 15) is 14.4 Å². The van der Waals surface area contributed by atoms with Crippen molar-refractivity contribution in [1.82, 2.24) is 0 Å². The van der Waals surface area contributed by atoms with Crippen LogP contribution in [0.1, 0.15) is 54.4 Å². The number of amides is 1. The van der Waals surface area contributed by atoms with Gasteiger partial charge in [0.15, 0.2) is 6.10 Å². The van der Waals surface area contributed by atoms with Gasteiger partial charge in [-0.25, -0.2) is 9.59 Å². The van der Waals surface area contributed by atoms with Crippen LogP contribution in [0.25, 0.3) is 0 Å². The van der Waals surface area contributed by atoms with Gasteiger partial charge in [-0.15, -0.1) is 11.3 Å². The van der Waals surface area contributed by atoms with Crippen molar-refractivity contribution >= 4 is 34.2 Å². The third-order valence-corrected chi connectivity index (χ3v) is 5.06. The number of anilines is 1. The summed E-state index contributed by atoms with van der Waals surface area (Å²) in [5, 5.41) is 3.21. The first-order valence-corrected chi connectivity index (χ1v) is 9.25. The minimum Gasteiger partial charge on any atom is -0.462 e. The molecule has 1 aromatic heterocycles. The molecule has 0 radical (unpaired) electrons. The minimum atomic E-state index is -0.960. The standard InChI is InChI=1S/C18H23NO5S/c1-4-8-14(20)24-11(3)16(21)19-17-15(18(22)23-5-2)12-9-6-7-10-13(12)25-17/h4,8,11H,5-7,9-10H2,1-3H3,(H,19,21)/b8-4+/t11-/m0/s1. The number of allylic oxidation sites excluding steroid dienone is 1. The zero-order valence-electron chi connectivity index (χ0n) is 14.7. The van der Waals surface area contributed by atoms with Crippen molar-refractivity contribution in [3.8, 4) is 0 Å². The van der Waals surface area contributed by atoms with Gasteiger partial charge in [-0.2, -0.15) is 0 Å². The summed E-state index contributed by atoms with van der Waals surface area (Å²) in [6, 6.07) is 0. The van der Waals surface area contributed by atoms with Crippen LogP contribution in [-0.4, -0.2) is 30.6 Å². The SMILES string of the molecule is C/C=C/C(=O)O[C@@H](C)C(=O)Nc1sc2c(c1C(=O)OCC)CCCC2. The fraction of sp³-hybridized carbons (Fsp3) is 0.500. The Balaban J connectivity index is 2.20. The number of aryl methyl sites for hydroxylation is 1. The lowest BCUT2D eigenvalue weighted by Gasteiger charge is -2.13. The first-order valence-electron chi connectivity index (χ1n) is 8.43. The number of thiophene rings is 1. The maximum atomic E-state index is 12.4. The second kappa shape index (κ2) is 8.80. The van der Waals surface area contributed by atoms with Gasteiger partial charge in [-0.1, -0.05) is 6.08 Å². The molecule has 7 heteroatoms. The van der Waals surface area contributed by atoms with E-state index in [2.05, 4.69) is 5.32 Å². The van der Waals surface area contributed by atoms with E-state index >= 15 is 0 Å². The molecular weight excluding hydrogens is 342 g/mol. The zero-order chi connectivity index (χ0) is 18.4. The monoisotopic (exact) mass is 365 g/mol. The Morgan fingerprint density at radius 2 is 2.00 bits per heavy atom. The number of hydrogen-bond acceptors (Lipinski definition) is 6. The van der Waals surface area contributed by atoms with Crippen LogP contribution in [0, 0.1) is 0 Å². The van der Waals surface area contributed by atoms with E-state index in [1.54, 1.807) is 19.9 Å². The summed E-state index contributed by atoms with van der Waals surface area (Å²) in [5.41, 5.74) is 1.42. The molecular formula is C18H23NO5S. The molecule has 1 amide bonds. The first-order chi connectivity index (χ1) is 12.0. The number of fused-ring (bicyclic) bond motifs is 1. The summed E-state index contributed by atoms with van der Waals surface area (Å²) >= 11 is 1.40. The van der Waals surface area contributed by atoms with Gasteiger partial charge in [0.1, 0.15) is 5.00 Å². The van der Waals surface area contributed by atoms with Gasteiger partial charge in [0.25, 0.3) is 5.91 Å². The normalized spacial score (nSPS) is 14.7. The molecule has 0 spiro atoms. The Morgan fingerprint density at radius 1 is 1.28 bits per heavy atom. The van der Waals surface area contributed by atoms with Crippen molar-refractivity contribution in [2.75, 3.05) is 11.9 Å². The second-order valence-corrected chi connectivity index (χ2v) is 6.81. The predicted octanol–water partition coefficient (Wildman–Crippen LogP) is 3.25. The molecule has 1 aromatic rings. The van der Waals surface area contributed by atoms with E-state index in [-0.39, 0.29) is 6.61 Å². The molecule has 2 rings (SSSR count). The van der Waals surface area contributed by atoms with Crippen LogP contribution < -0.4 is 5.32 Å². The topological polar surface area (TPSA) is 81.7 Å². The summed E-state index contributed by atoms with van der Waals surface area (Å²) in [7, 11) is 0. The molecule has 25 heavy (non-hydrogen) atoms. The fourth-order valence-corrected chi connectivity index (χ4v) is 3.97. The second-order valence-electron chi connectivity index (χ2n) is 5.70. The average molecular weight is 365 g/mol. The lowest BCUT2D eigenvalue weighted by atomic mass is 9.95. The molecule has 6 nitrogen and oxygen atoms in total. The lowest BCUT2D eigenvalue weighted by Crippen LogP contribution is -2.29. The molecule has 0 saturated heterocycles. The molecule has 0 bridgehead atoms. The lowest BCUT2D eigenvalue weighted by molar-refractivity contribution is -0.148. The molecule has 1 aliphatic rings. The molecule has 0 aliphatic heterocycles. The fourth-order valence-electron chi connectivity index (χ4n) is 2.69. The van der Waals surface area contributed by atoms with Crippen molar-refractivity contribution in [1.29, 1.82) is 0 Å². The Bertz CT molecular complexity index is 692. The van der Waals surface area contributed by atoms with Crippen LogP contribution in [0.2, 0.25) is 0 Å². The molecule has 1 aliphatic carbocycles. The van der Waals surface area contributed by atoms with Crippen LogP contribution >= 0.6 is 11.3 Å². The summed E-state index contributed by atoms with van der Waals surface area (Å²) in [6.07, 6.45) is 5.62. The van der Waals surface area contributed by atoms with E-state index in [0.717, 1.165) is 36.1 Å². The molecule has 0 fully saturated rings. The third kappa shape index (κ3) is 4.69. The van der Waals surface area contributed by atoms with Crippen LogP contribution in [0.3, 0.4) is 0 Å². The largest absolute Gasteiger partial charge is 0.462 e. The number of carbonyl (C=O) groups is 3. The minimum absolute atomic E-state index is 0.272. The number of nitrogens with one attached hydrogen (secondary N) is 1. The van der Waals surface area contributed by atoms with Gasteiger partial charge in [0, 0.05) is 11.0 Å². The highest BCUT2D eigenvalue weighted by molar-refractivity contribution is 7.17. The van der Waals surface area contributed by atoms with E-state index < -0.39 is 23.9 Å². The smallest absolute Gasteiger partial charge is 0.341 e. The van der Waals surface area contributed by atoms with Crippen molar-refractivity contribution in [3.05, 3.63) is 28.2 Å². The van der Waals surface area contributed by atoms with Crippen LogP contribution in [0.4, 0.5) is 5.00 Å². The quantitative estimate of drug-likeness (QED) is 0.618. The van der Waals surface area contributed by atoms with E-state index in [1.807, 2.05) is 0 Å². The number of rotatable bonds is 6. The van der Waals surface area contributed by atoms with E-state index in [4.69, 9.17) is 9.47 Å². The maximum Gasteiger partial charge on any atom is 0.341 e. The molecule has 0 unspecified atom stereocenters. The Labute approximate surface area is 151 Å². The summed E-state index contributed by atoms with van der Waals surface area (Å²) in [6.45, 7) is 5.20. The maximum absolute atomic E-state index is 12.4. The first kappa shape index (κ1) is 19.2. The third-order valence-electron chi connectivity index (χ3n) is 3.85. The van der Waals surface area contributed by atoms with Crippen LogP contribution in [0.5, 0.6) is 0 Å². The summed E-state index contributed by atoms with van der Waals surface area (Å²) in [5.74, 6) is -1.47. The number of ether oxygens (including phenoxy) is 2. The highest BCUT2D eigenvalue weighted by Gasteiger charge is 2.28. The highest BCUT2D eigenvalue weighted by Crippen LogP contribution is 2.38. The molecule has 0 saturated carbocycles. The van der Waals surface area contributed by atoms with Crippen molar-refractivity contribution in [3.63, 3.8) is 0 Å². The molecule has 136 valence electrons. The van der Waals surface area contributed by atoms with Crippen molar-refractivity contribution < 1.29 is 23.9 Å². The molecule has 1 heterocycles. The Kier molecular flexibility index (Phi) is 6.75. The number of hydrogen-bond donors (Lipinski definition) is 1. The molecule has 1 N–H and O–H groups in total. The van der Waals surface area contributed by atoms with E-state index in [0.29, 0.717) is 10.6 Å². The van der Waals surface area contributed by atoms with Gasteiger partial charge >= 0.3 is 11.9 Å². The van der Waals surface area contributed by atoms with Crippen LogP contribution in [0.15, 0.2) is 12.2 Å². The van der Waals surface area contributed by atoms with E-state index in [1.165, 1.54) is 24.3 Å². The predicted molar refractivity (Wildman–Crippen MR) is 95.9 cm³/mol. The number of esters is 2. The number of carbonyl (C=O) groups excluding carboxylic acids is 3. The Hall–Kier alpha value is -2.15. The summed E-state index contributed by atoms with van der Waals surface area (Å²) < 4.78 is 10.2. The van der Waals surface area contributed by atoms with Gasteiger partial charge in [0.05, 0.1) is 12.2 Å². The average Bonchev–Trinajstić information content (AvgIpc) is 2.92. The van der Waals surface area contributed by atoms with Gasteiger partial charge in [0.2, 0.25) is 0 Å². The van der Waals surface area contributed by atoms with Gasteiger partial charge < -0.3 is 14.8 Å². The highest BCUT2D eigenvalue weighted by atomic mass is 32.1. The molecule has 0 aromatic carbocycles. The van der Waals surface area contributed by atoms with Crippen LogP contribution in [-0.2, 0) is 31.9 Å². The van der Waals surface area contributed by atoms with Gasteiger partial charge in [-0.3, -0.25) is 4.79 Å². The summed E-state index contributed by atoms with van der Waals surface area (Å²) in [4.78, 5) is 37.3. The molecule has 1 atom stereocenters. The Morgan fingerprint density at radius 3 is 2.68 bits per heavy atom.